The second-order valence-corrected chi connectivity index (χ2v) is 4.67. The summed E-state index contributed by atoms with van der Waals surface area (Å²) >= 11 is 0. The van der Waals surface area contributed by atoms with Crippen molar-refractivity contribution >= 4 is 17.3 Å². The molecule has 1 aromatic carbocycles. The first-order valence-electron chi connectivity index (χ1n) is 6.03. The lowest BCUT2D eigenvalue weighted by Crippen LogP contribution is -2.03. The molecule has 0 fully saturated rings. The number of nitrogens with zero attached hydrogens (tertiary/aromatic N) is 5. The molecule has 0 bridgehead atoms. The quantitative estimate of drug-likeness (QED) is 0.759. The number of tetrazole rings is 1. The van der Waals surface area contributed by atoms with Crippen molar-refractivity contribution in [2.45, 2.75) is 20.8 Å². The maximum absolute atomic E-state index is 4.26. The fraction of sp³-hybridized carbons (Fsp3) is 0.231. The van der Waals surface area contributed by atoms with Crippen LogP contribution in [0.4, 0.5) is 11.5 Å². The van der Waals surface area contributed by atoms with Crippen molar-refractivity contribution in [3.63, 3.8) is 0 Å². The van der Waals surface area contributed by atoms with Crippen LogP contribution < -0.4 is 5.32 Å². The van der Waals surface area contributed by atoms with E-state index in [1.165, 1.54) is 11.1 Å². The number of aromatic nitrogens is 5. The summed E-state index contributed by atoms with van der Waals surface area (Å²) in [6.45, 7) is 6.06. The molecule has 1 N–H and O–H groups in total. The van der Waals surface area contributed by atoms with Crippen LogP contribution in [0.5, 0.6) is 0 Å². The van der Waals surface area contributed by atoms with Crippen LogP contribution in [0.15, 0.2) is 24.3 Å². The topological polar surface area (TPSA) is 68.0 Å². The first kappa shape index (κ1) is 11.6. The Morgan fingerprint density at radius 3 is 2.47 bits per heavy atom. The minimum absolute atomic E-state index is 0.492. The Morgan fingerprint density at radius 2 is 1.74 bits per heavy atom. The number of fused-ring (bicyclic) bond motifs is 1. The Morgan fingerprint density at radius 1 is 1.00 bits per heavy atom. The molecule has 0 aliphatic rings. The van der Waals surface area contributed by atoms with Crippen LogP contribution in [0.25, 0.3) is 5.78 Å². The molecule has 0 radical (unpaired) electrons. The largest absolute Gasteiger partial charge is 0.340 e. The zero-order chi connectivity index (χ0) is 13.4. The highest BCUT2D eigenvalue weighted by Crippen LogP contribution is 2.19. The Kier molecular flexibility index (Phi) is 2.63. The molecule has 2 aromatic heterocycles. The van der Waals surface area contributed by atoms with Gasteiger partial charge in [-0.1, -0.05) is 11.2 Å². The van der Waals surface area contributed by atoms with Gasteiger partial charge >= 0.3 is 0 Å². The first-order valence-corrected chi connectivity index (χ1v) is 6.03. The summed E-state index contributed by atoms with van der Waals surface area (Å²) in [6.07, 6.45) is 0. The van der Waals surface area contributed by atoms with E-state index in [4.69, 9.17) is 0 Å². The van der Waals surface area contributed by atoms with Crippen molar-refractivity contribution < 1.29 is 0 Å². The highest BCUT2D eigenvalue weighted by molar-refractivity contribution is 5.60. The van der Waals surface area contributed by atoms with Gasteiger partial charge in [-0.2, -0.15) is 4.52 Å². The summed E-state index contributed by atoms with van der Waals surface area (Å²) in [4.78, 5) is 4.26. The van der Waals surface area contributed by atoms with Gasteiger partial charge in [0.2, 0.25) is 0 Å². The lowest BCUT2D eigenvalue weighted by Gasteiger charge is -2.09. The SMILES string of the molecule is Cc1cc(C)cc(Nc2cc(C)nc3nnnn23)c1. The van der Waals surface area contributed by atoms with Gasteiger partial charge in [-0.15, -0.1) is 0 Å². The molecule has 2 heterocycles. The van der Waals surface area contributed by atoms with Crippen molar-refractivity contribution in [1.29, 1.82) is 0 Å². The maximum Gasteiger partial charge on any atom is 0.275 e. The Labute approximate surface area is 110 Å². The van der Waals surface area contributed by atoms with Crippen LogP contribution in [0.3, 0.4) is 0 Å². The van der Waals surface area contributed by atoms with Crippen molar-refractivity contribution in [3.05, 3.63) is 41.1 Å². The minimum Gasteiger partial charge on any atom is -0.340 e. The third-order valence-corrected chi connectivity index (χ3v) is 2.80. The molecule has 0 saturated carbocycles. The van der Waals surface area contributed by atoms with Crippen LogP contribution in [-0.2, 0) is 0 Å². The lowest BCUT2D eigenvalue weighted by atomic mass is 10.1. The van der Waals surface area contributed by atoms with Gasteiger partial charge in [0, 0.05) is 17.4 Å². The van der Waals surface area contributed by atoms with Crippen molar-refractivity contribution in [3.8, 4) is 0 Å². The molecular formula is C13H14N6. The number of anilines is 2. The number of aryl methyl sites for hydroxylation is 3. The fourth-order valence-electron chi connectivity index (χ4n) is 2.14. The predicted octanol–water partition coefficient (Wildman–Crippen LogP) is 2.19. The maximum atomic E-state index is 4.26. The number of hydrogen-bond acceptors (Lipinski definition) is 5. The highest BCUT2D eigenvalue weighted by atomic mass is 15.5. The van der Waals surface area contributed by atoms with E-state index in [0.29, 0.717) is 5.78 Å². The summed E-state index contributed by atoms with van der Waals surface area (Å²) in [7, 11) is 0. The van der Waals surface area contributed by atoms with Crippen LogP contribution in [-0.4, -0.2) is 25.0 Å². The summed E-state index contributed by atoms with van der Waals surface area (Å²) in [6, 6.07) is 8.22. The average Bonchev–Trinajstić information content (AvgIpc) is 2.75. The molecule has 6 nitrogen and oxygen atoms in total. The molecular weight excluding hydrogens is 240 g/mol. The van der Waals surface area contributed by atoms with E-state index in [1.54, 1.807) is 4.52 Å². The second-order valence-electron chi connectivity index (χ2n) is 4.67. The number of hydrogen-bond donors (Lipinski definition) is 1. The molecule has 0 saturated heterocycles. The van der Waals surface area contributed by atoms with Crippen molar-refractivity contribution in [2.75, 3.05) is 5.32 Å². The standard InChI is InChI=1S/C13H14N6/c1-8-4-9(2)6-11(5-8)15-12-7-10(3)14-13-16-17-18-19(12)13/h4-7,15H,1-3H3. The monoisotopic (exact) mass is 254 g/mol. The summed E-state index contributed by atoms with van der Waals surface area (Å²) in [5, 5.41) is 14.8. The molecule has 0 amide bonds. The van der Waals surface area contributed by atoms with Gasteiger partial charge in [0.1, 0.15) is 5.82 Å². The average molecular weight is 254 g/mol. The normalized spacial score (nSPS) is 10.9. The third-order valence-electron chi connectivity index (χ3n) is 2.80. The molecule has 0 aliphatic heterocycles. The van der Waals surface area contributed by atoms with Gasteiger partial charge in [0.25, 0.3) is 5.78 Å². The van der Waals surface area contributed by atoms with Crippen molar-refractivity contribution in [1.82, 2.24) is 25.0 Å². The van der Waals surface area contributed by atoms with Gasteiger partial charge in [-0.25, -0.2) is 4.98 Å². The molecule has 0 unspecified atom stereocenters. The molecule has 6 heteroatoms. The minimum atomic E-state index is 0.492. The van der Waals surface area contributed by atoms with Crippen LogP contribution >= 0.6 is 0 Å². The summed E-state index contributed by atoms with van der Waals surface area (Å²) in [5.74, 6) is 1.30. The van der Waals surface area contributed by atoms with Gasteiger partial charge in [-0.05, 0) is 54.5 Å². The number of benzene rings is 1. The van der Waals surface area contributed by atoms with E-state index in [2.05, 4.69) is 57.9 Å². The van der Waals surface area contributed by atoms with Crippen molar-refractivity contribution in [2.24, 2.45) is 0 Å². The summed E-state index contributed by atoms with van der Waals surface area (Å²) < 4.78 is 1.59. The predicted molar refractivity (Wildman–Crippen MR) is 72.5 cm³/mol. The van der Waals surface area contributed by atoms with Crippen LogP contribution in [0.2, 0.25) is 0 Å². The smallest absolute Gasteiger partial charge is 0.275 e. The Bertz CT molecular complexity index is 726. The number of rotatable bonds is 2. The van der Waals surface area contributed by atoms with E-state index in [0.717, 1.165) is 17.2 Å². The second kappa shape index (κ2) is 4.31. The molecule has 0 atom stereocenters. The zero-order valence-electron chi connectivity index (χ0n) is 11.0. The Balaban J connectivity index is 2.07. The van der Waals surface area contributed by atoms with E-state index in [1.807, 2.05) is 13.0 Å². The van der Waals surface area contributed by atoms with Gasteiger partial charge < -0.3 is 5.32 Å². The first-order chi connectivity index (χ1) is 9.11. The van der Waals surface area contributed by atoms with E-state index >= 15 is 0 Å². The van der Waals surface area contributed by atoms with Crippen LogP contribution in [0, 0.1) is 20.8 Å². The molecule has 3 aromatic rings. The van der Waals surface area contributed by atoms with Gasteiger partial charge in [-0.3, -0.25) is 0 Å². The molecule has 19 heavy (non-hydrogen) atoms. The molecule has 0 spiro atoms. The highest BCUT2D eigenvalue weighted by Gasteiger charge is 2.07. The molecule has 3 rings (SSSR count). The fourth-order valence-corrected chi connectivity index (χ4v) is 2.14. The Hall–Kier alpha value is -2.50. The zero-order valence-corrected chi connectivity index (χ0v) is 11.0. The van der Waals surface area contributed by atoms with E-state index in [9.17, 15) is 0 Å². The summed E-state index contributed by atoms with van der Waals surface area (Å²) in [5.41, 5.74) is 4.30. The number of nitrogens with one attached hydrogen (secondary N) is 1. The molecule has 0 aliphatic carbocycles. The van der Waals surface area contributed by atoms with E-state index in [-0.39, 0.29) is 0 Å². The third kappa shape index (κ3) is 2.24. The lowest BCUT2D eigenvalue weighted by molar-refractivity contribution is 0.825. The van der Waals surface area contributed by atoms with E-state index < -0.39 is 0 Å². The van der Waals surface area contributed by atoms with Gasteiger partial charge in [0.05, 0.1) is 0 Å². The molecule has 96 valence electrons. The van der Waals surface area contributed by atoms with Crippen LogP contribution in [0.1, 0.15) is 16.8 Å². The van der Waals surface area contributed by atoms with Gasteiger partial charge in [0.15, 0.2) is 0 Å².